The van der Waals surface area contributed by atoms with Gasteiger partial charge in [0, 0.05) is 13.2 Å². The van der Waals surface area contributed by atoms with Gasteiger partial charge in [-0.25, -0.2) is 0 Å². The van der Waals surface area contributed by atoms with E-state index in [4.69, 9.17) is 10.5 Å². The molecule has 0 bridgehead atoms. The highest BCUT2D eigenvalue weighted by Gasteiger charge is 2.28. The average Bonchev–Trinajstić information content (AvgIpc) is 2.16. The lowest BCUT2D eigenvalue weighted by Gasteiger charge is -2.39. The second kappa shape index (κ2) is 6.35. The number of hydrogen-bond acceptors (Lipinski definition) is 3. The van der Waals surface area contributed by atoms with Crippen molar-refractivity contribution in [3.63, 3.8) is 0 Å². The fourth-order valence-electron chi connectivity index (χ4n) is 1.59. The van der Waals surface area contributed by atoms with Gasteiger partial charge in [0.05, 0.1) is 12.1 Å². The van der Waals surface area contributed by atoms with Crippen LogP contribution in [0.5, 0.6) is 0 Å². The Balaban J connectivity index is 4.21. The molecule has 3 nitrogen and oxygen atoms in total. The van der Waals surface area contributed by atoms with Crippen molar-refractivity contribution in [1.82, 2.24) is 4.90 Å². The lowest BCUT2D eigenvalue weighted by molar-refractivity contribution is 0.0156. The number of ether oxygens (including phenoxy) is 1. The van der Waals surface area contributed by atoms with Gasteiger partial charge in [-0.2, -0.15) is 0 Å². The zero-order valence-corrected chi connectivity index (χ0v) is 9.47. The Morgan fingerprint density at radius 2 is 1.77 bits per heavy atom. The maximum atomic E-state index is 5.78. The van der Waals surface area contributed by atoms with Crippen LogP contribution in [0, 0.1) is 0 Å². The number of likely N-dealkylation sites (N-methyl/N-ethyl adjacent to an activating group) is 1. The molecule has 0 aromatic heterocycles. The molecular formula is C10H24N2O. The molecule has 2 N–H and O–H groups in total. The molecule has 0 saturated heterocycles. The highest BCUT2D eigenvalue weighted by molar-refractivity contribution is 4.86. The summed E-state index contributed by atoms with van der Waals surface area (Å²) in [4.78, 5) is 2.35. The highest BCUT2D eigenvalue weighted by Crippen LogP contribution is 2.13. The first-order chi connectivity index (χ1) is 6.14. The summed E-state index contributed by atoms with van der Waals surface area (Å²) < 4.78 is 5.45. The van der Waals surface area contributed by atoms with Crippen LogP contribution in [-0.2, 0) is 4.74 Å². The first kappa shape index (κ1) is 12.9. The molecule has 0 aliphatic rings. The molecular weight excluding hydrogens is 164 g/mol. The third kappa shape index (κ3) is 3.63. The van der Waals surface area contributed by atoms with Crippen LogP contribution in [0.1, 0.15) is 27.7 Å². The molecule has 1 atom stereocenters. The summed E-state index contributed by atoms with van der Waals surface area (Å²) in [5.74, 6) is 0. The van der Waals surface area contributed by atoms with Gasteiger partial charge in [-0.15, -0.1) is 0 Å². The Labute approximate surface area is 82.2 Å². The maximum absolute atomic E-state index is 5.78. The third-order valence-corrected chi connectivity index (χ3v) is 2.58. The van der Waals surface area contributed by atoms with Gasteiger partial charge in [-0.3, -0.25) is 4.90 Å². The van der Waals surface area contributed by atoms with Gasteiger partial charge < -0.3 is 10.5 Å². The average molecular weight is 188 g/mol. The molecule has 0 rings (SSSR count). The van der Waals surface area contributed by atoms with Crippen molar-refractivity contribution in [3.8, 4) is 0 Å². The van der Waals surface area contributed by atoms with E-state index in [2.05, 4.69) is 25.7 Å². The van der Waals surface area contributed by atoms with Crippen LogP contribution in [0.4, 0.5) is 0 Å². The van der Waals surface area contributed by atoms with Gasteiger partial charge in [0.1, 0.15) is 0 Å². The molecule has 0 amide bonds. The molecule has 0 aliphatic carbocycles. The van der Waals surface area contributed by atoms with E-state index in [1.807, 2.05) is 6.92 Å². The Kier molecular flexibility index (Phi) is 6.29. The van der Waals surface area contributed by atoms with E-state index < -0.39 is 0 Å². The number of hydrogen-bond donors (Lipinski definition) is 1. The van der Waals surface area contributed by atoms with Crippen LogP contribution in [0.15, 0.2) is 0 Å². The van der Waals surface area contributed by atoms with Crippen molar-refractivity contribution in [3.05, 3.63) is 0 Å². The Morgan fingerprint density at radius 3 is 2.08 bits per heavy atom. The largest absolute Gasteiger partial charge is 0.380 e. The lowest BCUT2D eigenvalue weighted by atomic mass is 10.0. The Bertz CT molecular complexity index is 126. The first-order valence-corrected chi connectivity index (χ1v) is 5.17. The van der Waals surface area contributed by atoms with Crippen LogP contribution in [0.25, 0.3) is 0 Å². The third-order valence-electron chi connectivity index (χ3n) is 2.58. The monoisotopic (exact) mass is 188 g/mol. The second-order valence-corrected chi connectivity index (χ2v) is 3.51. The van der Waals surface area contributed by atoms with Crippen LogP contribution in [0.2, 0.25) is 0 Å². The SMILES string of the molecule is CCOCC(C)(CN)N(CC)CC. The molecule has 0 radical (unpaired) electrons. The molecule has 0 aromatic rings. The Hall–Kier alpha value is -0.120. The fourth-order valence-corrected chi connectivity index (χ4v) is 1.59. The van der Waals surface area contributed by atoms with E-state index >= 15 is 0 Å². The number of nitrogens with two attached hydrogens (primary N) is 1. The topological polar surface area (TPSA) is 38.5 Å². The van der Waals surface area contributed by atoms with E-state index in [0.29, 0.717) is 6.54 Å². The van der Waals surface area contributed by atoms with Gasteiger partial charge >= 0.3 is 0 Å². The molecule has 1 unspecified atom stereocenters. The normalized spacial score (nSPS) is 16.2. The molecule has 0 aromatic carbocycles. The zero-order valence-electron chi connectivity index (χ0n) is 9.47. The van der Waals surface area contributed by atoms with E-state index in [1.165, 1.54) is 0 Å². The van der Waals surface area contributed by atoms with E-state index in [9.17, 15) is 0 Å². The van der Waals surface area contributed by atoms with Gasteiger partial charge in [0.15, 0.2) is 0 Å². The Morgan fingerprint density at radius 1 is 1.23 bits per heavy atom. The van der Waals surface area contributed by atoms with Gasteiger partial charge in [0.25, 0.3) is 0 Å². The molecule has 3 heteroatoms. The zero-order chi connectivity index (χ0) is 10.3. The second-order valence-electron chi connectivity index (χ2n) is 3.51. The fraction of sp³-hybridized carbons (Fsp3) is 1.00. The van der Waals surface area contributed by atoms with E-state index in [1.54, 1.807) is 0 Å². The van der Waals surface area contributed by atoms with Crippen LogP contribution in [-0.4, -0.2) is 43.3 Å². The molecule has 0 fully saturated rings. The first-order valence-electron chi connectivity index (χ1n) is 5.17. The maximum Gasteiger partial charge on any atom is 0.0659 e. The van der Waals surface area contributed by atoms with Gasteiger partial charge in [-0.1, -0.05) is 13.8 Å². The van der Waals surface area contributed by atoms with E-state index in [-0.39, 0.29) is 5.54 Å². The summed E-state index contributed by atoms with van der Waals surface area (Å²) in [5.41, 5.74) is 5.78. The van der Waals surface area contributed by atoms with Crippen molar-refractivity contribution < 1.29 is 4.74 Å². The molecule has 0 saturated carbocycles. The number of rotatable bonds is 7. The van der Waals surface area contributed by atoms with Crippen molar-refractivity contribution in [1.29, 1.82) is 0 Å². The molecule has 0 spiro atoms. The summed E-state index contributed by atoms with van der Waals surface area (Å²) in [5, 5.41) is 0. The predicted molar refractivity (Wildman–Crippen MR) is 56.9 cm³/mol. The smallest absolute Gasteiger partial charge is 0.0659 e. The quantitative estimate of drug-likeness (QED) is 0.650. The van der Waals surface area contributed by atoms with E-state index in [0.717, 1.165) is 26.3 Å². The summed E-state index contributed by atoms with van der Waals surface area (Å²) >= 11 is 0. The summed E-state index contributed by atoms with van der Waals surface area (Å²) in [6.07, 6.45) is 0. The minimum absolute atomic E-state index is 0.000486. The predicted octanol–water partition coefficient (Wildman–Crippen LogP) is 1.08. The summed E-state index contributed by atoms with van der Waals surface area (Å²) in [7, 11) is 0. The van der Waals surface area contributed by atoms with Gasteiger partial charge in [0.2, 0.25) is 0 Å². The minimum atomic E-state index is -0.000486. The standard InChI is InChI=1S/C10H24N2O/c1-5-12(6-2)10(4,8-11)9-13-7-3/h5-9,11H2,1-4H3. The molecule has 0 heterocycles. The van der Waals surface area contributed by atoms with Crippen LogP contribution < -0.4 is 5.73 Å². The lowest BCUT2D eigenvalue weighted by Crippen LogP contribution is -2.54. The van der Waals surface area contributed by atoms with Crippen molar-refractivity contribution in [2.75, 3.05) is 32.8 Å². The van der Waals surface area contributed by atoms with Crippen molar-refractivity contribution in [2.45, 2.75) is 33.2 Å². The molecule has 13 heavy (non-hydrogen) atoms. The van der Waals surface area contributed by atoms with Crippen molar-refractivity contribution >= 4 is 0 Å². The summed E-state index contributed by atoms with van der Waals surface area (Å²) in [6, 6.07) is 0. The van der Waals surface area contributed by atoms with Crippen LogP contribution in [0.3, 0.4) is 0 Å². The summed E-state index contributed by atoms with van der Waals surface area (Å²) in [6.45, 7) is 12.7. The number of nitrogens with zero attached hydrogens (tertiary/aromatic N) is 1. The van der Waals surface area contributed by atoms with Gasteiger partial charge in [-0.05, 0) is 26.9 Å². The molecule has 0 aliphatic heterocycles. The molecule has 80 valence electrons. The minimum Gasteiger partial charge on any atom is -0.380 e. The van der Waals surface area contributed by atoms with Crippen molar-refractivity contribution in [2.24, 2.45) is 5.73 Å². The van der Waals surface area contributed by atoms with Crippen LogP contribution >= 0.6 is 0 Å². The highest BCUT2D eigenvalue weighted by atomic mass is 16.5.